The van der Waals surface area contributed by atoms with Gasteiger partial charge < -0.3 is 14.2 Å². The second-order valence-electron chi connectivity index (χ2n) is 3.97. The fraction of sp³-hybridized carbons (Fsp3) is 0.364. The van der Waals surface area contributed by atoms with Gasteiger partial charge in [-0.25, -0.2) is 18.4 Å². The van der Waals surface area contributed by atoms with Gasteiger partial charge in [-0.05, 0) is 18.2 Å². The van der Waals surface area contributed by atoms with Crippen molar-refractivity contribution in [1.82, 2.24) is 0 Å². The first-order valence-electron chi connectivity index (χ1n) is 5.41. The number of methoxy groups -OCH3 is 1. The van der Waals surface area contributed by atoms with Crippen LogP contribution in [-0.2, 0) is 19.5 Å². The summed E-state index contributed by atoms with van der Waals surface area (Å²) in [6, 6.07) is 3.75. The minimum atomic E-state index is -3.89. The van der Waals surface area contributed by atoms with Crippen LogP contribution < -0.4 is 9.88 Å². The number of hydrogen-bond acceptors (Lipinski definition) is 6. The van der Waals surface area contributed by atoms with Crippen molar-refractivity contribution in [3.8, 4) is 5.75 Å². The summed E-state index contributed by atoms with van der Waals surface area (Å²) >= 11 is 0. The first kappa shape index (κ1) is 13.8. The van der Waals surface area contributed by atoms with Gasteiger partial charge >= 0.3 is 5.97 Å². The van der Waals surface area contributed by atoms with E-state index in [1.54, 1.807) is 0 Å². The Morgan fingerprint density at radius 1 is 1.42 bits per heavy atom. The van der Waals surface area contributed by atoms with E-state index in [2.05, 4.69) is 0 Å². The molecule has 0 saturated carbocycles. The van der Waals surface area contributed by atoms with Crippen molar-refractivity contribution in [1.29, 1.82) is 0 Å². The van der Waals surface area contributed by atoms with Gasteiger partial charge in [0.25, 0.3) is 0 Å². The van der Waals surface area contributed by atoms with Crippen molar-refractivity contribution >= 4 is 16.0 Å². The van der Waals surface area contributed by atoms with E-state index < -0.39 is 16.0 Å². The molecule has 2 N–H and O–H groups in total. The van der Waals surface area contributed by atoms with Crippen molar-refractivity contribution in [3.63, 3.8) is 0 Å². The number of sulfonamides is 1. The number of hydrogen-bond donors (Lipinski definition) is 1. The number of carbonyl (C=O) groups is 1. The largest absolute Gasteiger partial charge is 0.496 e. The second-order valence-corrected chi connectivity index (χ2v) is 5.53. The highest BCUT2D eigenvalue weighted by Crippen LogP contribution is 2.23. The zero-order valence-electron chi connectivity index (χ0n) is 10.2. The minimum absolute atomic E-state index is 0.0147. The molecule has 0 aromatic heterocycles. The maximum Gasteiger partial charge on any atom is 0.342 e. The molecule has 0 radical (unpaired) electrons. The van der Waals surface area contributed by atoms with Crippen LogP contribution in [0.25, 0.3) is 0 Å². The van der Waals surface area contributed by atoms with E-state index in [-0.39, 0.29) is 22.3 Å². The first-order valence-corrected chi connectivity index (χ1v) is 6.96. The maximum absolute atomic E-state index is 11.9. The molecule has 1 fully saturated rings. The third-order valence-corrected chi connectivity index (χ3v) is 3.51. The molecule has 1 heterocycles. The summed E-state index contributed by atoms with van der Waals surface area (Å²) in [5.41, 5.74) is 0.0147. The molecule has 1 aromatic rings. The molecule has 0 spiro atoms. The normalized spacial score (nSPS) is 15.7. The Bertz CT molecular complexity index is 593. The molecule has 1 aliphatic rings. The average molecular weight is 287 g/mol. The second kappa shape index (κ2) is 5.16. The van der Waals surface area contributed by atoms with Crippen LogP contribution in [-0.4, -0.2) is 40.8 Å². The fourth-order valence-corrected chi connectivity index (χ4v) is 2.06. The highest BCUT2D eigenvalue weighted by atomic mass is 32.2. The molecule has 0 atom stereocenters. The predicted molar refractivity (Wildman–Crippen MR) is 64.4 cm³/mol. The Morgan fingerprint density at radius 3 is 2.58 bits per heavy atom. The molecule has 2 rings (SSSR count). The molecule has 1 saturated heterocycles. The lowest BCUT2D eigenvalue weighted by Crippen LogP contribution is -2.37. The van der Waals surface area contributed by atoms with Gasteiger partial charge in [0.1, 0.15) is 17.4 Å². The average Bonchev–Trinajstić information content (AvgIpc) is 2.31. The first-order chi connectivity index (χ1) is 8.91. The Morgan fingerprint density at radius 2 is 2.11 bits per heavy atom. The lowest BCUT2D eigenvalue weighted by atomic mass is 10.2. The van der Waals surface area contributed by atoms with E-state index in [9.17, 15) is 13.2 Å². The zero-order valence-corrected chi connectivity index (χ0v) is 11.0. The van der Waals surface area contributed by atoms with E-state index >= 15 is 0 Å². The highest BCUT2D eigenvalue weighted by Gasteiger charge is 2.26. The van der Waals surface area contributed by atoms with Crippen LogP contribution in [0.5, 0.6) is 5.75 Å². The molecular weight excluding hydrogens is 274 g/mol. The monoisotopic (exact) mass is 287 g/mol. The Balaban J connectivity index is 2.32. The Labute approximate surface area is 110 Å². The standard InChI is InChI=1S/C11H13NO6S/c1-16-10-3-2-8(19(12,14)15)4-9(10)11(13)18-7-5-17-6-7/h2-4,7H,5-6H2,1H3,(H2,12,14,15). The molecule has 0 bridgehead atoms. The molecule has 7 nitrogen and oxygen atoms in total. The summed E-state index contributed by atoms with van der Waals surface area (Å²) in [5.74, 6) is -0.451. The zero-order chi connectivity index (χ0) is 14.0. The summed E-state index contributed by atoms with van der Waals surface area (Å²) in [4.78, 5) is 11.7. The summed E-state index contributed by atoms with van der Waals surface area (Å²) < 4.78 is 37.5. The minimum Gasteiger partial charge on any atom is -0.496 e. The van der Waals surface area contributed by atoms with Crippen molar-refractivity contribution in [3.05, 3.63) is 23.8 Å². The van der Waals surface area contributed by atoms with Crippen molar-refractivity contribution < 1.29 is 27.4 Å². The quantitative estimate of drug-likeness (QED) is 0.775. The Hall–Kier alpha value is -1.64. The number of primary sulfonamides is 1. The SMILES string of the molecule is COc1ccc(S(N)(=O)=O)cc1C(=O)OC1COC1. The molecule has 19 heavy (non-hydrogen) atoms. The Kier molecular flexibility index (Phi) is 3.74. The van der Waals surface area contributed by atoms with Crippen LogP contribution in [0.1, 0.15) is 10.4 Å². The van der Waals surface area contributed by atoms with Gasteiger partial charge in [0.2, 0.25) is 10.0 Å². The van der Waals surface area contributed by atoms with Crippen LogP contribution in [0.3, 0.4) is 0 Å². The van der Waals surface area contributed by atoms with E-state index in [0.717, 1.165) is 6.07 Å². The van der Waals surface area contributed by atoms with Crippen LogP contribution in [0.4, 0.5) is 0 Å². The number of nitrogens with two attached hydrogens (primary N) is 1. The lowest BCUT2D eigenvalue weighted by molar-refractivity contribution is -0.103. The number of benzene rings is 1. The summed E-state index contributed by atoms with van der Waals surface area (Å²) in [5, 5.41) is 5.02. The molecule has 104 valence electrons. The van der Waals surface area contributed by atoms with Crippen molar-refractivity contribution in [2.24, 2.45) is 5.14 Å². The number of rotatable bonds is 4. The molecule has 8 heteroatoms. The predicted octanol–water partition coefficient (Wildman–Crippen LogP) is -0.102. The van der Waals surface area contributed by atoms with E-state index in [1.807, 2.05) is 0 Å². The summed E-state index contributed by atoms with van der Waals surface area (Å²) in [6.07, 6.45) is -0.310. The summed E-state index contributed by atoms with van der Waals surface area (Å²) in [6.45, 7) is 0.672. The van der Waals surface area contributed by atoms with Crippen molar-refractivity contribution in [2.75, 3.05) is 20.3 Å². The van der Waals surface area contributed by atoms with Gasteiger partial charge in [0, 0.05) is 0 Å². The van der Waals surface area contributed by atoms with E-state index in [4.69, 9.17) is 19.3 Å². The van der Waals surface area contributed by atoms with Gasteiger partial charge in [-0.3, -0.25) is 0 Å². The molecular formula is C11H13NO6S. The van der Waals surface area contributed by atoms with Crippen LogP contribution >= 0.6 is 0 Å². The molecule has 1 aliphatic heterocycles. The highest BCUT2D eigenvalue weighted by molar-refractivity contribution is 7.89. The topological polar surface area (TPSA) is 105 Å². The number of ether oxygens (including phenoxy) is 3. The smallest absolute Gasteiger partial charge is 0.342 e. The van der Waals surface area contributed by atoms with Gasteiger partial charge in [-0.2, -0.15) is 0 Å². The molecule has 0 aliphatic carbocycles. The van der Waals surface area contributed by atoms with E-state index in [0.29, 0.717) is 13.2 Å². The van der Waals surface area contributed by atoms with Crippen LogP contribution in [0.2, 0.25) is 0 Å². The molecule has 0 amide bonds. The molecule has 0 unspecified atom stereocenters. The summed E-state index contributed by atoms with van der Waals surface area (Å²) in [7, 11) is -2.52. The number of esters is 1. The maximum atomic E-state index is 11.9. The molecule has 1 aromatic carbocycles. The van der Waals surface area contributed by atoms with Crippen LogP contribution in [0.15, 0.2) is 23.1 Å². The fourth-order valence-electron chi connectivity index (χ4n) is 1.52. The van der Waals surface area contributed by atoms with Gasteiger partial charge in [0.15, 0.2) is 0 Å². The third-order valence-electron chi connectivity index (χ3n) is 2.60. The van der Waals surface area contributed by atoms with E-state index in [1.165, 1.54) is 19.2 Å². The lowest BCUT2D eigenvalue weighted by Gasteiger charge is -2.25. The van der Waals surface area contributed by atoms with Gasteiger partial charge in [-0.1, -0.05) is 0 Å². The van der Waals surface area contributed by atoms with Gasteiger partial charge in [0.05, 0.1) is 25.2 Å². The van der Waals surface area contributed by atoms with Crippen LogP contribution in [0, 0.1) is 0 Å². The third kappa shape index (κ3) is 3.03. The van der Waals surface area contributed by atoms with Gasteiger partial charge in [-0.15, -0.1) is 0 Å². The van der Waals surface area contributed by atoms with Crippen molar-refractivity contribution in [2.45, 2.75) is 11.0 Å². The number of carbonyl (C=O) groups excluding carboxylic acids is 1.